The third-order valence-corrected chi connectivity index (χ3v) is 4.72. The van der Waals surface area contributed by atoms with E-state index in [1.807, 2.05) is 20.8 Å². The van der Waals surface area contributed by atoms with E-state index in [0.717, 1.165) is 0 Å². The van der Waals surface area contributed by atoms with Crippen LogP contribution in [-0.4, -0.2) is 41.7 Å². The second kappa shape index (κ2) is 6.34. The zero-order valence-electron chi connectivity index (χ0n) is 11.0. The molecule has 0 saturated carbocycles. The summed E-state index contributed by atoms with van der Waals surface area (Å²) < 4.78 is 20.8. The molecule has 0 aliphatic carbocycles. The average Bonchev–Trinajstić information content (AvgIpc) is 2.18. The maximum Gasteiger partial charge on any atom is 0.500 e. The van der Waals surface area contributed by atoms with Crippen LogP contribution in [0.4, 0.5) is 0 Å². The predicted molar refractivity (Wildman–Crippen MR) is 62.1 cm³/mol. The molecule has 0 heterocycles. The van der Waals surface area contributed by atoms with Crippen LogP contribution in [0.2, 0.25) is 6.04 Å². The molecule has 0 fully saturated rings. The molecule has 0 rings (SSSR count). The Bertz CT molecular complexity index is 211. The van der Waals surface area contributed by atoms with Crippen LogP contribution in [0.3, 0.4) is 0 Å². The normalized spacial score (nSPS) is 12.6. The summed E-state index contributed by atoms with van der Waals surface area (Å²) >= 11 is 0. The molecule has 0 saturated heterocycles. The highest BCUT2D eigenvalue weighted by Gasteiger charge is 2.38. The SMILES string of the molecule is CO[Si](CCC(=O)OC(C)(C)C)(OC)OC. The molecule has 0 aromatic rings. The Morgan fingerprint density at radius 1 is 1.06 bits per heavy atom. The lowest BCUT2D eigenvalue weighted by atomic mass is 10.2. The molecule has 0 aliphatic heterocycles. The van der Waals surface area contributed by atoms with E-state index in [2.05, 4.69) is 0 Å². The minimum Gasteiger partial charge on any atom is -0.460 e. The predicted octanol–water partition coefficient (Wildman–Crippen LogP) is 1.60. The lowest BCUT2D eigenvalue weighted by Crippen LogP contribution is -2.43. The quantitative estimate of drug-likeness (QED) is 0.529. The Kier molecular flexibility index (Phi) is 6.17. The van der Waals surface area contributed by atoms with Crippen LogP contribution in [0.25, 0.3) is 0 Å². The summed E-state index contributed by atoms with van der Waals surface area (Å²) in [4.78, 5) is 11.5. The lowest BCUT2D eigenvalue weighted by molar-refractivity contribution is -0.154. The summed E-state index contributed by atoms with van der Waals surface area (Å²) in [5.41, 5.74) is -0.464. The first-order valence-electron chi connectivity index (χ1n) is 5.16. The summed E-state index contributed by atoms with van der Waals surface area (Å²) in [6.07, 6.45) is 0.235. The summed E-state index contributed by atoms with van der Waals surface area (Å²) in [6, 6.07) is 0.422. The number of carbonyl (C=O) groups is 1. The number of carbonyl (C=O) groups excluding carboxylic acids is 1. The minimum atomic E-state index is -2.66. The molecule has 0 amide bonds. The zero-order valence-corrected chi connectivity index (χ0v) is 12.0. The number of ether oxygens (including phenoxy) is 1. The standard InChI is InChI=1S/C10H22O5Si/c1-10(2,3)15-9(11)7-8-16(12-4,13-5)14-6/h7-8H2,1-6H3. The summed E-state index contributed by atoms with van der Waals surface area (Å²) in [5.74, 6) is -0.268. The van der Waals surface area contributed by atoms with E-state index >= 15 is 0 Å². The summed E-state index contributed by atoms with van der Waals surface area (Å²) in [7, 11) is 1.91. The van der Waals surface area contributed by atoms with Crippen LogP contribution >= 0.6 is 0 Å². The summed E-state index contributed by atoms with van der Waals surface area (Å²) in [5, 5.41) is 0. The molecule has 0 aromatic carbocycles. The summed E-state index contributed by atoms with van der Waals surface area (Å²) in [6.45, 7) is 5.50. The van der Waals surface area contributed by atoms with Gasteiger partial charge in [-0.2, -0.15) is 0 Å². The molecule has 0 spiro atoms. The van der Waals surface area contributed by atoms with Gasteiger partial charge >= 0.3 is 14.8 Å². The highest BCUT2D eigenvalue weighted by atomic mass is 28.4. The Labute approximate surface area is 98.4 Å². The fourth-order valence-electron chi connectivity index (χ4n) is 1.20. The number of hydrogen-bond donors (Lipinski definition) is 0. The van der Waals surface area contributed by atoms with Gasteiger partial charge in [-0.05, 0) is 20.8 Å². The minimum absolute atomic E-state index is 0.235. The molecule has 0 aromatic heterocycles. The highest BCUT2D eigenvalue weighted by Crippen LogP contribution is 2.17. The van der Waals surface area contributed by atoms with E-state index in [4.69, 9.17) is 18.0 Å². The van der Waals surface area contributed by atoms with Crippen molar-refractivity contribution in [2.45, 2.75) is 38.8 Å². The van der Waals surface area contributed by atoms with Crippen molar-refractivity contribution in [1.82, 2.24) is 0 Å². The van der Waals surface area contributed by atoms with Gasteiger partial charge < -0.3 is 18.0 Å². The molecular weight excluding hydrogens is 228 g/mol. The smallest absolute Gasteiger partial charge is 0.460 e. The average molecular weight is 250 g/mol. The molecule has 0 N–H and O–H groups in total. The first-order chi connectivity index (χ1) is 7.28. The van der Waals surface area contributed by atoms with Crippen LogP contribution in [0, 0.1) is 0 Å². The third kappa shape index (κ3) is 5.60. The molecule has 0 bridgehead atoms. The maximum absolute atomic E-state index is 11.5. The Balaban J connectivity index is 4.17. The molecular formula is C10H22O5Si. The van der Waals surface area contributed by atoms with Gasteiger partial charge in [0.1, 0.15) is 5.60 Å². The van der Waals surface area contributed by atoms with Crippen molar-refractivity contribution in [3.63, 3.8) is 0 Å². The second-order valence-electron chi connectivity index (χ2n) is 4.38. The van der Waals surface area contributed by atoms with Crippen molar-refractivity contribution >= 4 is 14.8 Å². The first-order valence-corrected chi connectivity index (χ1v) is 7.09. The van der Waals surface area contributed by atoms with E-state index in [1.165, 1.54) is 21.3 Å². The monoisotopic (exact) mass is 250 g/mol. The van der Waals surface area contributed by atoms with Crippen LogP contribution in [0.1, 0.15) is 27.2 Å². The molecule has 5 nitrogen and oxygen atoms in total. The van der Waals surface area contributed by atoms with Crippen molar-refractivity contribution in [3.8, 4) is 0 Å². The van der Waals surface area contributed by atoms with Crippen LogP contribution in [0.15, 0.2) is 0 Å². The highest BCUT2D eigenvalue weighted by molar-refractivity contribution is 6.60. The van der Waals surface area contributed by atoms with Gasteiger partial charge in [0.2, 0.25) is 0 Å². The number of hydrogen-bond acceptors (Lipinski definition) is 5. The molecule has 0 atom stereocenters. The van der Waals surface area contributed by atoms with Gasteiger partial charge in [-0.25, -0.2) is 0 Å². The van der Waals surface area contributed by atoms with Crippen LogP contribution in [-0.2, 0) is 22.8 Å². The molecule has 16 heavy (non-hydrogen) atoms. The van der Waals surface area contributed by atoms with Crippen LogP contribution < -0.4 is 0 Å². The van der Waals surface area contributed by atoms with Gasteiger partial charge in [-0.15, -0.1) is 0 Å². The zero-order chi connectivity index (χ0) is 12.8. The molecule has 96 valence electrons. The van der Waals surface area contributed by atoms with E-state index in [9.17, 15) is 4.79 Å². The number of esters is 1. The Morgan fingerprint density at radius 3 is 1.81 bits per heavy atom. The van der Waals surface area contributed by atoms with E-state index in [1.54, 1.807) is 0 Å². The molecule has 0 radical (unpaired) electrons. The first kappa shape index (κ1) is 15.6. The second-order valence-corrected chi connectivity index (χ2v) is 7.47. The van der Waals surface area contributed by atoms with Crippen LogP contribution in [0.5, 0.6) is 0 Å². The van der Waals surface area contributed by atoms with Crippen molar-refractivity contribution in [2.75, 3.05) is 21.3 Å². The molecule has 0 aliphatic rings. The van der Waals surface area contributed by atoms with Gasteiger partial charge in [0, 0.05) is 33.8 Å². The number of rotatable bonds is 6. The van der Waals surface area contributed by atoms with Crippen molar-refractivity contribution in [3.05, 3.63) is 0 Å². The van der Waals surface area contributed by atoms with Gasteiger partial charge in [0.05, 0.1) is 0 Å². The van der Waals surface area contributed by atoms with Gasteiger partial charge in [-0.3, -0.25) is 4.79 Å². The van der Waals surface area contributed by atoms with Gasteiger partial charge in [0.15, 0.2) is 0 Å². The fourth-order valence-corrected chi connectivity index (χ4v) is 2.83. The van der Waals surface area contributed by atoms with E-state index < -0.39 is 14.4 Å². The largest absolute Gasteiger partial charge is 0.500 e. The lowest BCUT2D eigenvalue weighted by Gasteiger charge is -2.25. The molecule has 6 heteroatoms. The third-order valence-electron chi connectivity index (χ3n) is 1.99. The van der Waals surface area contributed by atoms with Crippen molar-refractivity contribution in [1.29, 1.82) is 0 Å². The van der Waals surface area contributed by atoms with Crippen molar-refractivity contribution in [2.24, 2.45) is 0 Å². The van der Waals surface area contributed by atoms with E-state index in [-0.39, 0.29) is 12.4 Å². The van der Waals surface area contributed by atoms with E-state index in [0.29, 0.717) is 6.04 Å². The topological polar surface area (TPSA) is 54.0 Å². The van der Waals surface area contributed by atoms with Gasteiger partial charge in [-0.1, -0.05) is 0 Å². The fraction of sp³-hybridized carbons (Fsp3) is 0.900. The maximum atomic E-state index is 11.5. The Morgan fingerprint density at radius 2 is 1.50 bits per heavy atom. The molecule has 0 unspecified atom stereocenters. The Hall–Kier alpha value is -0.433. The van der Waals surface area contributed by atoms with Gasteiger partial charge in [0.25, 0.3) is 0 Å². The van der Waals surface area contributed by atoms with Crippen molar-refractivity contribution < 1.29 is 22.8 Å².